The van der Waals surface area contributed by atoms with E-state index in [4.69, 9.17) is 11.6 Å². The zero-order valence-electron chi connectivity index (χ0n) is 18.9. The number of carbonyl (C=O) groups is 1. The van der Waals surface area contributed by atoms with Gasteiger partial charge in [0, 0.05) is 42.2 Å². The second kappa shape index (κ2) is 9.06. The molecule has 34 heavy (non-hydrogen) atoms. The molecule has 1 amide bonds. The Bertz CT molecular complexity index is 1370. The van der Waals surface area contributed by atoms with Gasteiger partial charge in [-0.3, -0.25) is 4.79 Å². The Morgan fingerprint density at radius 1 is 0.912 bits per heavy atom. The van der Waals surface area contributed by atoms with Crippen molar-refractivity contribution in [3.63, 3.8) is 0 Å². The van der Waals surface area contributed by atoms with Crippen molar-refractivity contribution in [2.24, 2.45) is 0 Å². The van der Waals surface area contributed by atoms with Crippen LogP contribution < -0.4 is 14.5 Å². The Morgan fingerprint density at radius 2 is 1.68 bits per heavy atom. The van der Waals surface area contributed by atoms with Gasteiger partial charge in [-0.05, 0) is 72.4 Å². The van der Waals surface area contributed by atoms with Crippen molar-refractivity contribution < 1.29 is 13.2 Å². The summed E-state index contributed by atoms with van der Waals surface area (Å²) < 4.78 is 28.5. The van der Waals surface area contributed by atoms with E-state index in [2.05, 4.69) is 33.9 Å². The lowest BCUT2D eigenvalue weighted by molar-refractivity contribution is -0.117. The smallest absolute Gasteiger partial charge is 0.240 e. The number of nitrogens with one attached hydrogen (secondary N) is 1. The van der Waals surface area contributed by atoms with Gasteiger partial charge in [-0.15, -0.1) is 0 Å². The monoisotopic (exact) mass is 495 g/mol. The van der Waals surface area contributed by atoms with Gasteiger partial charge in [-0.2, -0.15) is 0 Å². The molecule has 0 radical (unpaired) electrons. The van der Waals surface area contributed by atoms with E-state index < -0.39 is 10.0 Å². The largest absolute Gasteiger partial charge is 0.341 e. The fourth-order valence-corrected chi connectivity index (χ4v) is 6.06. The molecule has 3 aromatic rings. The molecule has 0 bridgehead atoms. The lowest BCUT2D eigenvalue weighted by Gasteiger charge is -2.27. The van der Waals surface area contributed by atoms with E-state index in [9.17, 15) is 13.2 Å². The van der Waals surface area contributed by atoms with E-state index in [0.717, 1.165) is 35.5 Å². The number of hydrogen-bond acceptors (Lipinski definition) is 4. The average molecular weight is 496 g/mol. The molecule has 3 aromatic carbocycles. The Hall–Kier alpha value is -2.87. The molecule has 0 atom stereocenters. The maximum Gasteiger partial charge on any atom is 0.240 e. The maximum atomic E-state index is 12.9. The van der Waals surface area contributed by atoms with Crippen LogP contribution in [0.2, 0.25) is 5.02 Å². The van der Waals surface area contributed by atoms with Crippen LogP contribution in [0.15, 0.2) is 65.6 Å². The number of amides is 1. The Labute approximate surface area is 205 Å². The van der Waals surface area contributed by atoms with Gasteiger partial charge in [-0.25, -0.2) is 13.1 Å². The molecule has 0 saturated carbocycles. The number of likely N-dealkylation sites (N-methyl/N-ethyl adjacent to an activating group) is 1. The molecule has 8 heteroatoms. The summed E-state index contributed by atoms with van der Waals surface area (Å²) >= 11 is 6.33. The highest BCUT2D eigenvalue weighted by Crippen LogP contribution is 2.37. The number of nitrogens with zero attached hydrogens (tertiary/aromatic N) is 2. The number of para-hydroxylation sites is 1. The van der Waals surface area contributed by atoms with Crippen LogP contribution in [-0.2, 0) is 34.1 Å². The fourth-order valence-electron chi connectivity index (χ4n) is 4.77. The van der Waals surface area contributed by atoms with Crippen LogP contribution in [0.4, 0.5) is 17.1 Å². The summed E-state index contributed by atoms with van der Waals surface area (Å²) in [6.45, 7) is 0.948. The van der Waals surface area contributed by atoms with E-state index in [1.165, 1.54) is 11.1 Å². The van der Waals surface area contributed by atoms with Crippen molar-refractivity contribution in [2.75, 3.05) is 29.9 Å². The molecular formula is C26H26ClN3O3S. The minimum absolute atomic E-state index is 0.0318. The first-order valence-electron chi connectivity index (χ1n) is 11.4. The fraction of sp³-hybridized carbons (Fsp3) is 0.269. The summed E-state index contributed by atoms with van der Waals surface area (Å²) in [5.74, 6) is -0.0318. The number of rotatable bonds is 6. The van der Waals surface area contributed by atoms with Crippen LogP contribution in [0.25, 0.3) is 0 Å². The third-order valence-electron chi connectivity index (χ3n) is 6.57. The number of carbonyl (C=O) groups excluding carboxylic acids is 1. The van der Waals surface area contributed by atoms with Crippen molar-refractivity contribution in [3.05, 3.63) is 82.4 Å². The van der Waals surface area contributed by atoms with E-state index in [1.54, 1.807) is 30.1 Å². The number of benzene rings is 3. The number of sulfonamides is 1. The van der Waals surface area contributed by atoms with E-state index in [1.807, 2.05) is 18.2 Å². The molecular weight excluding hydrogens is 470 g/mol. The highest BCUT2D eigenvalue weighted by molar-refractivity contribution is 7.89. The zero-order valence-corrected chi connectivity index (χ0v) is 20.5. The molecule has 2 aliphatic heterocycles. The van der Waals surface area contributed by atoms with Gasteiger partial charge < -0.3 is 9.80 Å². The first-order chi connectivity index (χ1) is 16.3. The molecule has 0 saturated heterocycles. The molecule has 0 aromatic heterocycles. The number of halogens is 1. The van der Waals surface area contributed by atoms with Crippen molar-refractivity contribution in [2.45, 2.75) is 30.6 Å². The van der Waals surface area contributed by atoms with Gasteiger partial charge in [0.25, 0.3) is 0 Å². The lowest BCUT2D eigenvalue weighted by atomic mass is 10.0. The summed E-state index contributed by atoms with van der Waals surface area (Å²) in [6.07, 6.45) is 2.73. The average Bonchev–Trinajstić information content (AvgIpc) is 3.02. The number of fused-ring (bicyclic) bond motifs is 3. The Kier molecular flexibility index (Phi) is 6.10. The molecule has 176 valence electrons. The highest BCUT2D eigenvalue weighted by atomic mass is 35.5. The number of aryl methyl sites for hydroxylation is 2. The lowest BCUT2D eigenvalue weighted by Crippen LogP contribution is -2.28. The van der Waals surface area contributed by atoms with Crippen molar-refractivity contribution in [1.82, 2.24) is 4.72 Å². The second-order valence-electron chi connectivity index (χ2n) is 8.72. The van der Waals surface area contributed by atoms with Crippen LogP contribution in [0.3, 0.4) is 0 Å². The summed E-state index contributed by atoms with van der Waals surface area (Å²) in [6, 6.07) is 19.2. The van der Waals surface area contributed by atoms with Gasteiger partial charge in [0.1, 0.15) is 0 Å². The molecule has 1 N–H and O–H groups in total. The van der Waals surface area contributed by atoms with Gasteiger partial charge in [0.15, 0.2) is 0 Å². The maximum absolute atomic E-state index is 12.9. The highest BCUT2D eigenvalue weighted by Gasteiger charge is 2.26. The normalized spacial score (nSPS) is 15.1. The molecule has 0 aliphatic carbocycles. The third-order valence-corrected chi connectivity index (χ3v) is 8.27. The molecule has 0 spiro atoms. The van der Waals surface area contributed by atoms with Gasteiger partial charge in [-0.1, -0.05) is 35.9 Å². The molecule has 2 heterocycles. The van der Waals surface area contributed by atoms with E-state index in [0.29, 0.717) is 24.5 Å². The summed E-state index contributed by atoms with van der Waals surface area (Å²) in [7, 11) is -1.97. The standard InChI is InChI=1S/C26H26ClN3O3S/c1-29-23-12-11-22(15-20(23)16-26(29)31)34(32,33)28-13-4-14-30-24-6-3-2-5-18(24)7-8-19-9-10-21(27)17-25(19)30/h2-3,5-6,9-12,15,17,28H,4,7-8,13-14,16H2,1H3. The SMILES string of the molecule is CN1C(=O)Cc2cc(S(=O)(=O)NCCCN3c4ccccc4CCc4ccc(Cl)cc43)ccc21. The number of hydrogen-bond donors (Lipinski definition) is 1. The minimum atomic E-state index is -3.67. The van der Waals surface area contributed by atoms with Crippen LogP contribution >= 0.6 is 11.6 Å². The Balaban J connectivity index is 1.31. The zero-order chi connectivity index (χ0) is 23.9. The summed E-state index contributed by atoms with van der Waals surface area (Å²) in [5, 5.41) is 0.685. The number of anilines is 3. The van der Waals surface area contributed by atoms with E-state index in [-0.39, 0.29) is 17.2 Å². The first-order valence-corrected chi connectivity index (χ1v) is 13.2. The van der Waals surface area contributed by atoms with Crippen LogP contribution in [0.5, 0.6) is 0 Å². The molecule has 0 unspecified atom stereocenters. The van der Waals surface area contributed by atoms with Crippen molar-refractivity contribution in [3.8, 4) is 0 Å². The molecule has 6 nitrogen and oxygen atoms in total. The summed E-state index contributed by atoms with van der Waals surface area (Å²) in [4.78, 5) is 15.9. The van der Waals surface area contributed by atoms with Crippen LogP contribution in [0.1, 0.15) is 23.1 Å². The summed E-state index contributed by atoms with van der Waals surface area (Å²) in [5.41, 5.74) is 6.23. The first kappa shape index (κ1) is 22.9. The quantitative estimate of drug-likeness (QED) is 0.512. The van der Waals surface area contributed by atoms with E-state index >= 15 is 0 Å². The predicted molar refractivity (Wildman–Crippen MR) is 136 cm³/mol. The van der Waals surface area contributed by atoms with Gasteiger partial charge >= 0.3 is 0 Å². The van der Waals surface area contributed by atoms with Crippen LogP contribution in [-0.4, -0.2) is 34.5 Å². The second-order valence-corrected chi connectivity index (χ2v) is 10.9. The van der Waals surface area contributed by atoms with Crippen molar-refractivity contribution >= 4 is 44.6 Å². The molecule has 5 rings (SSSR count). The van der Waals surface area contributed by atoms with Crippen molar-refractivity contribution in [1.29, 1.82) is 0 Å². The van der Waals surface area contributed by atoms with Gasteiger partial charge in [0.2, 0.25) is 15.9 Å². The predicted octanol–water partition coefficient (Wildman–Crippen LogP) is 4.46. The van der Waals surface area contributed by atoms with Crippen LogP contribution in [0, 0.1) is 0 Å². The topological polar surface area (TPSA) is 69.7 Å². The third kappa shape index (κ3) is 4.31. The molecule has 0 fully saturated rings. The Morgan fingerprint density at radius 3 is 2.50 bits per heavy atom. The van der Waals surface area contributed by atoms with Gasteiger partial charge in [0.05, 0.1) is 11.3 Å². The molecule has 2 aliphatic rings. The minimum Gasteiger partial charge on any atom is -0.341 e.